The van der Waals surface area contributed by atoms with Gasteiger partial charge in [0.15, 0.2) is 0 Å². The molecule has 8 heteroatoms. The summed E-state index contributed by atoms with van der Waals surface area (Å²) in [5, 5.41) is 14.2. The van der Waals surface area contributed by atoms with E-state index in [0.29, 0.717) is 17.8 Å². The first kappa shape index (κ1) is 19.1. The molecule has 1 aliphatic heterocycles. The molecule has 1 saturated heterocycles. The van der Waals surface area contributed by atoms with Crippen molar-refractivity contribution in [1.29, 1.82) is 0 Å². The molecule has 1 aliphatic rings. The molecular formula is C21H25N7O. The number of amides is 1. The molecule has 0 saturated carbocycles. The fourth-order valence-corrected chi connectivity index (χ4v) is 3.61. The standard InChI is InChI=1S/C21H25N7O/c29-21(19-9-4-5-10-20(19)28-17-23-24-25-28)22-11-6-12-26-13-15-27(16-14-26)18-7-2-1-3-8-18/h1-5,7-10,17H,6,11-16H2,(H,22,29). The zero-order valence-corrected chi connectivity index (χ0v) is 16.3. The van der Waals surface area contributed by atoms with E-state index >= 15 is 0 Å². The summed E-state index contributed by atoms with van der Waals surface area (Å²) in [5.41, 5.74) is 2.53. The number of carbonyl (C=O) groups excluding carboxylic acids is 1. The number of nitrogens with zero attached hydrogens (tertiary/aromatic N) is 6. The van der Waals surface area contributed by atoms with Crippen molar-refractivity contribution < 1.29 is 4.79 Å². The van der Waals surface area contributed by atoms with Crippen LogP contribution in [0.4, 0.5) is 5.69 Å². The smallest absolute Gasteiger partial charge is 0.253 e. The Morgan fingerprint density at radius 1 is 0.966 bits per heavy atom. The minimum Gasteiger partial charge on any atom is -0.369 e. The topological polar surface area (TPSA) is 79.2 Å². The molecule has 1 fully saturated rings. The molecule has 8 nitrogen and oxygen atoms in total. The molecule has 0 atom stereocenters. The summed E-state index contributed by atoms with van der Waals surface area (Å²) < 4.78 is 1.50. The Labute approximate surface area is 170 Å². The molecule has 2 aromatic carbocycles. The maximum atomic E-state index is 12.6. The van der Waals surface area contributed by atoms with E-state index in [0.717, 1.165) is 39.1 Å². The molecule has 1 N–H and O–H groups in total. The fraction of sp³-hybridized carbons (Fsp3) is 0.333. The number of hydrogen-bond donors (Lipinski definition) is 1. The normalized spacial score (nSPS) is 14.7. The molecule has 4 rings (SSSR count). The van der Waals surface area contributed by atoms with Crippen molar-refractivity contribution in [3.05, 3.63) is 66.5 Å². The molecule has 0 radical (unpaired) electrons. The van der Waals surface area contributed by atoms with Gasteiger partial charge in [-0.2, -0.15) is 4.68 Å². The minimum absolute atomic E-state index is 0.106. The molecule has 1 amide bonds. The number of aromatic nitrogens is 4. The number of rotatable bonds is 7. The highest BCUT2D eigenvalue weighted by molar-refractivity contribution is 5.97. The number of hydrogen-bond acceptors (Lipinski definition) is 6. The lowest BCUT2D eigenvalue weighted by Gasteiger charge is -2.36. The van der Waals surface area contributed by atoms with E-state index < -0.39 is 0 Å². The monoisotopic (exact) mass is 391 g/mol. The van der Waals surface area contributed by atoms with Crippen LogP contribution in [0.5, 0.6) is 0 Å². The molecule has 29 heavy (non-hydrogen) atoms. The second kappa shape index (κ2) is 9.29. The average molecular weight is 391 g/mol. The van der Waals surface area contributed by atoms with Crippen molar-refractivity contribution in [2.24, 2.45) is 0 Å². The van der Waals surface area contributed by atoms with Gasteiger partial charge < -0.3 is 10.2 Å². The van der Waals surface area contributed by atoms with Crippen LogP contribution < -0.4 is 10.2 Å². The largest absolute Gasteiger partial charge is 0.369 e. The Balaban J connectivity index is 1.21. The third kappa shape index (κ3) is 4.78. The van der Waals surface area contributed by atoms with Crippen LogP contribution in [0.1, 0.15) is 16.8 Å². The lowest BCUT2D eigenvalue weighted by molar-refractivity contribution is 0.0951. The van der Waals surface area contributed by atoms with Crippen molar-refractivity contribution in [3.63, 3.8) is 0 Å². The van der Waals surface area contributed by atoms with Gasteiger partial charge in [0.1, 0.15) is 6.33 Å². The van der Waals surface area contributed by atoms with Crippen molar-refractivity contribution in [2.75, 3.05) is 44.2 Å². The Bertz CT molecular complexity index is 906. The van der Waals surface area contributed by atoms with E-state index in [1.807, 2.05) is 18.2 Å². The molecule has 1 aromatic heterocycles. The van der Waals surface area contributed by atoms with Gasteiger partial charge in [0, 0.05) is 38.4 Å². The van der Waals surface area contributed by atoms with E-state index in [9.17, 15) is 4.79 Å². The zero-order valence-electron chi connectivity index (χ0n) is 16.3. The van der Waals surface area contributed by atoms with Crippen LogP contribution in [0.15, 0.2) is 60.9 Å². The summed E-state index contributed by atoms with van der Waals surface area (Å²) in [5.74, 6) is -0.106. The second-order valence-electron chi connectivity index (χ2n) is 7.05. The van der Waals surface area contributed by atoms with Crippen LogP contribution in [0.2, 0.25) is 0 Å². The first-order valence-electron chi connectivity index (χ1n) is 9.94. The van der Waals surface area contributed by atoms with Gasteiger partial charge in [0.25, 0.3) is 5.91 Å². The average Bonchev–Trinajstić information content (AvgIpc) is 3.32. The van der Waals surface area contributed by atoms with Crippen molar-refractivity contribution in [3.8, 4) is 5.69 Å². The number of carbonyl (C=O) groups is 1. The quantitative estimate of drug-likeness (QED) is 0.617. The van der Waals surface area contributed by atoms with E-state index in [1.54, 1.807) is 6.07 Å². The maximum absolute atomic E-state index is 12.6. The second-order valence-corrected chi connectivity index (χ2v) is 7.05. The number of para-hydroxylation sites is 2. The highest BCUT2D eigenvalue weighted by Gasteiger charge is 2.17. The van der Waals surface area contributed by atoms with Crippen LogP contribution in [0, 0.1) is 0 Å². The van der Waals surface area contributed by atoms with Crippen molar-refractivity contribution >= 4 is 11.6 Å². The first-order valence-corrected chi connectivity index (χ1v) is 9.94. The lowest BCUT2D eigenvalue weighted by atomic mass is 10.1. The number of piperazine rings is 1. The third-order valence-corrected chi connectivity index (χ3v) is 5.17. The first-order chi connectivity index (χ1) is 14.3. The van der Waals surface area contributed by atoms with Gasteiger partial charge in [-0.1, -0.05) is 30.3 Å². The predicted molar refractivity (Wildman–Crippen MR) is 111 cm³/mol. The highest BCUT2D eigenvalue weighted by Crippen LogP contribution is 2.15. The molecule has 0 unspecified atom stereocenters. The maximum Gasteiger partial charge on any atom is 0.253 e. The van der Waals surface area contributed by atoms with Crippen LogP contribution in [-0.2, 0) is 0 Å². The van der Waals surface area contributed by atoms with Gasteiger partial charge in [-0.15, -0.1) is 5.10 Å². The summed E-state index contributed by atoms with van der Waals surface area (Å²) in [7, 11) is 0. The Kier molecular flexibility index (Phi) is 6.11. The molecule has 2 heterocycles. The van der Waals surface area contributed by atoms with Gasteiger partial charge in [0.2, 0.25) is 0 Å². The number of anilines is 1. The number of nitrogens with one attached hydrogen (secondary N) is 1. The SMILES string of the molecule is O=C(NCCCN1CCN(c2ccccc2)CC1)c1ccccc1-n1cnnn1. The van der Waals surface area contributed by atoms with E-state index in [1.165, 1.54) is 16.7 Å². The van der Waals surface area contributed by atoms with Crippen LogP contribution in [0.25, 0.3) is 5.69 Å². The van der Waals surface area contributed by atoms with Crippen LogP contribution in [0.3, 0.4) is 0 Å². The van der Waals surface area contributed by atoms with Crippen LogP contribution >= 0.6 is 0 Å². The summed E-state index contributed by atoms with van der Waals surface area (Å²) in [6.07, 6.45) is 2.41. The van der Waals surface area contributed by atoms with E-state index in [-0.39, 0.29) is 5.91 Å². The van der Waals surface area contributed by atoms with Gasteiger partial charge in [-0.25, -0.2) is 0 Å². The Morgan fingerprint density at radius 2 is 1.72 bits per heavy atom. The Hall–Kier alpha value is -3.26. The summed E-state index contributed by atoms with van der Waals surface area (Å²) in [6.45, 7) is 5.79. The Morgan fingerprint density at radius 3 is 2.48 bits per heavy atom. The zero-order chi connectivity index (χ0) is 19.9. The molecule has 0 aliphatic carbocycles. The summed E-state index contributed by atoms with van der Waals surface area (Å²) >= 11 is 0. The fourth-order valence-electron chi connectivity index (χ4n) is 3.61. The van der Waals surface area contributed by atoms with Gasteiger partial charge in [0.05, 0.1) is 11.3 Å². The molecule has 0 bridgehead atoms. The summed E-state index contributed by atoms with van der Waals surface area (Å²) in [6, 6.07) is 17.9. The third-order valence-electron chi connectivity index (χ3n) is 5.17. The van der Waals surface area contributed by atoms with Gasteiger partial charge in [-0.05, 0) is 47.7 Å². The molecule has 150 valence electrons. The molecular weight excluding hydrogens is 366 g/mol. The van der Waals surface area contributed by atoms with E-state index in [2.05, 4.69) is 61.0 Å². The van der Waals surface area contributed by atoms with Crippen molar-refractivity contribution in [1.82, 2.24) is 30.4 Å². The number of benzene rings is 2. The lowest BCUT2D eigenvalue weighted by Crippen LogP contribution is -2.47. The highest BCUT2D eigenvalue weighted by atomic mass is 16.1. The molecule has 0 spiro atoms. The number of tetrazole rings is 1. The van der Waals surface area contributed by atoms with Crippen LogP contribution in [-0.4, -0.2) is 70.3 Å². The summed E-state index contributed by atoms with van der Waals surface area (Å²) in [4.78, 5) is 17.5. The van der Waals surface area contributed by atoms with Crippen molar-refractivity contribution in [2.45, 2.75) is 6.42 Å². The van der Waals surface area contributed by atoms with Gasteiger partial charge in [-0.3, -0.25) is 9.69 Å². The predicted octanol–water partition coefficient (Wildman–Crippen LogP) is 1.60. The van der Waals surface area contributed by atoms with Gasteiger partial charge >= 0.3 is 0 Å². The van der Waals surface area contributed by atoms with E-state index in [4.69, 9.17) is 0 Å². The molecule has 3 aromatic rings. The minimum atomic E-state index is -0.106.